The maximum absolute atomic E-state index is 12.1. The van der Waals surface area contributed by atoms with Gasteiger partial charge in [-0.05, 0) is 80.1 Å². The Morgan fingerprint density at radius 3 is 1.63 bits per heavy atom. The van der Waals surface area contributed by atoms with Gasteiger partial charge in [-0.2, -0.15) is 0 Å². The Balaban J connectivity index is 0. The molecule has 0 spiro atoms. The van der Waals surface area contributed by atoms with Crippen LogP contribution in [0.5, 0.6) is 0 Å². The summed E-state index contributed by atoms with van der Waals surface area (Å²) in [6.45, 7) is 12.6. The molecule has 0 aromatic heterocycles. The fourth-order valence-corrected chi connectivity index (χ4v) is 4.20. The molecule has 0 bridgehead atoms. The van der Waals surface area contributed by atoms with Gasteiger partial charge in [-0.25, -0.2) is 14.7 Å². The molecule has 2 aliphatic heterocycles. The smallest absolute Gasteiger partial charge is 0.410 e. The zero-order valence-electron chi connectivity index (χ0n) is 23.5. The van der Waals surface area contributed by atoms with Gasteiger partial charge in [0.15, 0.2) is 0 Å². The molecule has 0 saturated carbocycles. The molecule has 38 heavy (non-hydrogen) atoms. The van der Waals surface area contributed by atoms with Gasteiger partial charge in [0.1, 0.15) is 17.5 Å². The molecule has 2 saturated heterocycles. The Morgan fingerprint density at radius 2 is 1.26 bits per heavy atom. The van der Waals surface area contributed by atoms with E-state index in [1.165, 1.54) is 12.2 Å². The van der Waals surface area contributed by atoms with Crippen molar-refractivity contribution in [1.82, 2.24) is 14.9 Å². The number of carbonyl (C=O) groups is 4. The average Bonchev–Trinajstić information content (AvgIpc) is 3.43. The normalized spacial score (nSPS) is 18.8. The number of hydroxylamine groups is 2. The Bertz CT molecular complexity index is 731. The summed E-state index contributed by atoms with van der Waals surface area (Å²) in [6, 6.07) is 0.263. The second kappa shape index (κ2) is 17.3. The second-order valence-corrected chi connectivity index (χ2v) is 11.3. The molecule has 2 fully saturated rings. The lowest BCUT2D eigenvalue weighted by Gasteiger charge is -2.28. The van der Waals surface area contributed by atoms with Crippen molar-refractivity contribution in [3.05, 3.63) is 0 Å². The molecule has 0 N–H and O–H groups in total. The molecular weight excluding hydrogens is 490 g/mol. The number of carbonyl (C=O) groups excluding carboxylic acids is 4. The van der Waals surface area contributed by atoms with Crippen molar-refractivity contribution in [3.63, 3.8) is 0 Å². The van der Waals surface area contributed by atoms with Crippen LogP contribution < -0.4 is 0 Å². The minimum Gasteiger partial charge on any atom is -0.444 e. The van der Waals surface area contributed by atoms with E-state index >= 15 is 0 Å². The molecule has 10 heteroatoms. The molecular formula is C28H55N3O7. The van der Waals surface area contributed by atoms with Gasteiger partial charge >= 0.3 is 12.2 Å². The van der Waals surface area contributed by atoms with Gasteiger partial charge in [-0.1, -0.05) is 14.9 Å². The van der Waals surface area contributed by atoms with Crippen molar-refractivity contribution in [3.8, 4) is 0 Å². The van der Waals surface area contributed by atoms with Crippen molar-refractivity contribution in [2.24, 2.45) is 0 Å². The van der Waals surface area contributed by atoms with E-state index in [1.807, 2.05) is 41.5 Å². The maximum Gasteiger partial charge on any atom is 0.410 e. The predicted molar refractivity (Wildman–Crippen MR) is 150 cm³/mol. The van der Waals surface area contributed by atoms with Crippen LogP contribution in [0.2, 0.25) is 0 Å². The fourth-order valence-electron chi connectivity index (χ4n) is 4.20. The molecule has 0 aromatic rings. The van der Waals surface area contributed by atoms with Gasteiger partial charge in [0, 0.05) is 45.1 Å². The minimum absolute atomic E-state index is 0. The van der Waals surface area contributed by atoms with Crippen LogP contribution in [0.1, 0.15) is 108 Å². The SMILES string of the molecule is C.C.CC(C)(C)OC(=O)N1CCC[C@H]1CCC=O.CON(C)C(=O)CC[C@@H]1CCCN1C(=O)OC(C)(C)C. The van der Waals surface area contributed by atoms with Crippen LogP contribution in [0.3, 0.4) is 0 Å². The van der Waals surface area contributed by atoms with E-state index in [9.17, 15) is 19.2 Å². The summed E-state index contributed by atoms with van der Waals surface area (Å²) in [5, 5.41) is 1.22. The van der Waals surface area contributed by atoms with Crippen molar-refractivity contribution in [2.45, 2.75) is 131 Å². The summed E-state index contributed by atoms with van der Waals surface area (Å²) in [5.74, 6) is -0.0801. The quantitative estimate of drug-likeness (QED) is 0.293. The van der Waals surface area contributed by atoms with Crippen molar-refractivity contribution < 1.29 is 33.5 Å². The van der Waals surface area contributed by atoms with E-state index < -0.39 is 11.2 Å². The van der Waals surface area contributed by atoms with Crippen LogP contribution in [-0.2, 0) is 23.9 Å². The Hall–Kier alpha value is -2.36. The van der Waals surface area contributed by atoms with Crippen molar-refractivity contribution in [1.29, 1.82) is 0 Å². The highest BCUT2D eigenvalue weighted by molar-refractivity contribution is 5.75. The van der Waals surface area contributed by atoms with E-state index in [2.05, 4.69) is 0 Å². The molecule has 2 atom stereocenters. The predicted octanol–water partition coefficient (Wildman–Crippen LogP) is 5.82. The number of rotatable bonds is 7. The molecule has 3 amide bonds. The first-order valence-electron chi connectivity index (χ1n) is 12.9. The van der Waals surface area contributed by atoms with Gasteiger partial charge in [0.05, 0.1) is 7.11 Å². The molecule has 0 aromatic carbocycles. The van der Waals surface area contributed by atoms with Crippen LogP contribution in [0.4, 0.5) is 9.59 Å². The van der Waals surface area contributed by atoms with Crippen LogP contribution in [0.25, 0.3) is 0 Å². The third-order valence-corrected chi connectivity index (χ3v) is 5.94. The highest BCUT2D eigenvalue weighted by atomic mass is 16.7. The van der Waals surface area contributed by atoms with Crippen LogP contribution in [0.15, 0.2) is 0 Å². The molecule has 0 unspecified atom stereocenters. The fraction of sp³-hybridized carbons (Fsp3) is 0.857. The molecule has 2 aliphatic rings. The van der Waals surface area contributed by atoms with E-state index in [1.54, 1.807) is 16.8 Å². The van der Waals surface area contributed by atoms with Gasteiger partial charge in [0.25, 0.3) is 0 Å². The Morgan fingerprint density at radius 1 is 0.842 bits per heavy atom. The van der Waals surface area contributed by atoms with Crippen LogP contribution >= 0.6 is 0 Å². The molecule has 10 nitrogen and oxygen atoms in total. The first-order valence-corrected chi connectivity index (χ1v) is 12.9. The second-order valence-electron chi connectivity index (χ2n) is 11.3. The number of hydrogen-bond acceptors (Lipinski definition) is 7. The van der Waals surface area contributed by atoms with Crippen molar-refractivity contribution >= 4 is 24.4 Å². The number of hydrogen-bond donors (Lipinski definition) is 0. The number of nitrogens with zero attached hydrogens (tertiary/aromatic N) is 3. The number of ether oxygens (including phenoxy) is 2. The van der Waals surface area contributed by atoms with Crippen molar-refractivity contribution in [2.75, 3.05) is 27.2 Å². The number of amides is 3. The summed E-state index contributed by atoms with van der Waals surface area (Å²) in [4.78, 5) is 54.3. The van der Waals surface area contributed by atoms with Gasteiger partial charge in [-0.3, -0.25) is 9.63 Å². The standard InChI is InChI=1S/C14H26N2O4.C12H21NO3.2CH4/c1-14(2,3)20-13(18)16-10-6-7-11(16)8-9-12(17)15(4)19-5;1-12(2,3)16-11(15)13-8-4-6-10(13)7-5-9-14;;/h11H,6-10H2,1-5H3;9-10H,4-8H2,1-3H3;2*1H4/t11-;10-;;/m00../s1. The zero-order chi connectivity index (χ0) is 27.5. The van der Waals surface area contributed by atoms with Gasteiger partial charge < -0.3 is 24.1 Å². The lowest BCUT2D eigenvalue weighted by molar-refractivity contribution is -0.169. The monoisotopic (exact) mass is 545 g/mol. The van der Waals surface area contributed by atoms with E-state index in [0.717, 1.165) is 44.9 Å². The molecule has 2 rings (SSSR count). The highest BCUT2D eigenvalue weighted by Crippen LogP contribution is 2.25. The largest absolute Gasteiger partial charge is 0.444 e. The molecule has 0 radical (unpaired) electrons. The van der Waals surface area contributed by atoms with E-state index in [-0.39, 0.29) is 45.0 Å². The average molecular weight is 546 g/mol. The Labute approximate surface area is 231 Å². The number of aldehydes is 1. The molecule has 224 valence electrons. The lowest BCUT2D eigenvalue weighted by atomic mass is 10.1. The maximum atomic E-state index is 12.1. The molecule has 2 heterocycles. The minimum atomic E-state index is -0.490. The highest BCUT2D eigenvalue weighted by Gasteiger charge is 2.33. The summed E-state index contributed by atoms with van der Waals surface area (Å²) in [6.07, 6.45) is 6.52. The third kappa shape index (κ3) is 14.0. The van der Waals surface area contributed by atoms with E-state index in [0.29, 0.717) is 25.8 Å². The third-order valence-electron chi connectivity index (χ3n) is 5.94. The van der Waals surface area contributed by atoms with Crippen LogP contribution in [-0.4, -0.2) is 89.8 Å². The first kappa shape index (κ1) is 37.8. The summed E-state index contributed by atoms with van der Waals surface area (Å²) < 4.78 is 10.7. The first-order chi connectivity index (χ1) is 16.7. The van der Waals surface area contributed by atoms with Gasteiger partial charge in [0.2, 0.25) is 5.91 Å². The summed E-state index contributed by atoms with van der Waals surface area (Å²) in [7, 11) is 3.04. The van der Waals surface area contributed by atoms with E-state index in [4.69, 9.17) is 14.3 Å². The Kier molecular flexibility index (Phi) is 17.2. The van der Waals surface area contributed by atoms with Crippen LogP contribution in [0, 0.1) is 0 Å². The zero-order valence-corrected chi connectivity index (χ0v) is 23.5. The van der Waals surface area contributed by atoms with Gasteiger partial charge in [-0.15, -0.1) is 0 Å². The summed E-state index contributed by atoms with van der Waals surface area (Å²) in [5.41, 5.74) is -0.939. The summed E-state index contributed by atoms with van der Waals surface area (Å²) >= 11 is 0. The molecule has 0 aliphatic carbocycles. The lowest BCUT2D eigenvalue weighted by Crippen LogP contribution is -2.40. The topological polar surface area (TPSA) is 106 Å². The number of likely N-dealkylation sites (tertiary alicyclic amines) is 2.